The molecule has 1 amide bonds. The molecule has 4 aromatic rings. The van der Waals surface area contributed by atoms with Crippen LogP contribution >= 0.6 is 11.8 Å². The molecule has 3 aromatic carbocycles. The summed E-state index contributed by atoms with van der Waals surface area (Å²) in [6.07, 6.45) is 1.57. The SMILES string of the molecule is COc1ccc(C=NNC(=O)CSc2nnc(-c3cc(OC)c(OC)c(OC)c3)n2-c2ccccc2)cc1. The molecule has 1 aromatic heterocycles. The highest BCUT2D eigenvalue weighted by atomic mass is 32.2. The van der Waals surface area contributed by atoms with Crippen LogP contribution in [0, 0.1) is 0 Å². The molecule has 0 spiro atoms. The Labute approximate surface area is 224 Å². The minimum absolute atomic E-state index is 0.0835. The molecule has 0 saturated heterocycles. The second kappa shape index (κ2) is 12.6. The van der Waals surface area contributed by atoms with Crippen LogP contribution in [0.3, 0.4) is 0 Å². The van der Waals surface area contributed by atoms with Crippen LogP contribution in [-0.2, 0) is 4.79 Å². The molecule has 1 heterocycles. The summed E-state index contributed by atoms with van der Waals surface area (Å²) in [7, 11) is 6.26. The summed E-state index contributed by atoms with van der Waals surface area (Å²) in [5, 5.41) is 13.4. The summed E-state index contributed by atoms with van der Waals surface area (Å²) in [5.41, 5.74) is 4.92. The number of carbonyl (C=O) groups is 1. The van der Waals surface area contributed by atoms with Crippen LogP contribution in [0.4, 0.5) is 0 Å². The van der Waals surface area contributed by atoms with E-state index >= 15 is 0 Å². The lowest BCUT2D eigenvalue weighted by Crippen LogP contribution is -2.20. The third kappa shape index (κ3) is 6.06. The van der Waals surface area contributed by atoms with E-state index in [9.17, 15) is 4.79 Å². The predicted molar refractivity (Wildman–Crippen MR) is 146 cm³/mol. The topological polar surface area (TPSA) is 109 Å². The van der Waals surface area contributed by atoms with Crippen molar-refractivity contribution in [1.29, 1.82) is 0 Å². The molecule has 0 atom stereocenters. The van der Waals surface area contributed by atoms with Gasteiger partial charge in [-0.3, -0.25) is 9.36 Å². The van der Waals surface area contributed by atoms with Crippen molar-refractivity contribution in [2.75, 3.05) is 34.2 Å². The summed E-state index contributed by atoms with van der Waals surface area (Å²) >= 11 is 1.24. The molecule has 0 aliphatic heterocycles. The first kappa shape index (κ1) is 26.6. The van der Waals surface area contributed by atoms with E-state index < -0.39 is 0 Å². The van der Waals surface area contributed by atoms with Gasteiger partial charge in [-0.15, -0.1) is 10.2 Å². The van der Waals surface area contributed by atoms with Gasteiger partial charge in [0.15, 0.2) is 22.5 Å². The van der Waals surface area contributed by atoms with Gasteiger partial charge in [0.1, 0.15) is 5.75 Å². The van der Waals surface area contributed by atoms with Crippen molar-refractivity contribution >= 4 is 23.9 Å². The van der Waals surface area contributed by atoms with Crippen molar-refractivity contribution < 1.29 is 23.7 Å². The van der Waals surface area contributed by atoms with Crippen LogP contribution in [-0.4, -0.2) is 61.1 Å². The zero-order valence-electron chi connectivity index (χ0n) is 21.4. The van der Waals surface area contributed by atoms with Gasteiger partial charge in [-0.25, -0.2) is 5.43 Å². The number of amides is 1. The zero-order chi connectivity index (χ0) is 26.9. The number of hydrazone groups is 1. The van der Waals surface area contributed by atoms with Gasteiger partial charge in [0.25, 0.3) is 5.91 Å². The number of hydrogen-bond donors (Lipinski definition) is 1. The second-order valence-corrected chi connectivity index (χ2v) is 8.69. The fourth-order valence-corrected chi connectivity index (χ4v) is 4.35. The number of nitrogens with one attached hydrogen (secondary N) is 1. The molecular formula is C27H27N5O5S. The van der Waals surface area contributed by atoms with Crippen molar-refractivity contribution in [3.05, 3.63) is 72.3 Å². The van der Waals surface area contributed by atoms with Crippen LogP contribution in [0.1, 0.15) is 5.56 Å². The molecular weight excluding hydrogens is 506 g/mol. The van der Waals surface area contributed by atoms with Crippen LogP contribution < -0.4 is 24.4 Å². The third-order valence-corrected chi connectivity index (χ3v) is 6.35. The first-order valence-electron chi connectivity index (χ1n) is 11.5. The number of nitrogens with zero attached hydrogens (tertiary/aromatic N) is 4. The van der Waals surface area contributed by atoms with Gasteiger partial charge in [-0.05, 0) is 54.1 Å². The summed E-state index contributed by atoms with van der Waals surface area (Å²) in [6.45, 7) is 0. The monoisotopic (exact) mass is 533 g/mol. The van der Waals surface area contributed by atoms with E-state index in [0.29, 0.717) is 33.8 Å². The highest BCUT2D eigenvalue weighted by Gasteiger charge is 2.21. The fourth-order valence-electron chi connectivity index (χ4n) is 3.60. The van der Waals surface area contributed by atoms with Crippen molar-refractivity contribution in [1.82, 2.24) is 20.2 Å². The molecule has 196 valence electrons. The minimum Gasteiger partial charge on any atom is -0.497 e. The summed E-state index contributed by atoms with van der Waals surface area (Å²) in [6, 6.07) is 20.6. The van der Waals surface area contributed by atoms with E-state index in [1.807, 2.05) is 59.2 Å². The molecule has 0 fully saturated rings. The summed E-state index contributed by atoms with van der Waals surface area (Å²) in [4.78, 5) is 12.5. The quantitative estimate of drug-likeness (QED) is 0.174. The van der Waals surface area contributed by atoms with Crippen LogP contribution in [0.5, 0.6) is 23.0 Å². The molecule has 4 rings (SSSR count). The summed E-state index contributed by atoms with van der Waals surface area (Å²) in [5.74, 6) is 2.57. The Kier molecular flexibility index (Phi) is 8.83. The Bertz CT molecular complexity index is 1380. The maximum atomic E-state index is 12.5. The molecule has 0 unspecified atom stereocenters. The van der Waals surface area contributed by atoms with Crippen molar-refractivity contribution in [3.8, 4) is 40.1 Å². The maximum absolute atomic E-state index is 12.5. The highest BCUT2D eigenvalue weighted by Crippen LogP contribution is 2.41. The minimum atomic E-state index is -0.281. The Morgan fingerprint density at radius 1 is 0.921 bits per heavy atom. The van der Waals surface area contributed by atoms with Gasteiger partial charge in [-0.1, -0.05) is 30.0 Å². The van der Waals surface area contributed by atoms with E-state index in [4.69, 9.17) is 18.9 Å². The lowest BCUT2D eigenvalue weighted by Gasteiger charge is -2.15. The largest absolute Gasteiger partial charge is 0.497 e. The number of thioether (sulfide) groups is 1. The average Bonchev–Trinajstić information content (AvgIpc) is 3.40. The van der Waals surface area contributed by atoms with Gasteiger partial charge in [-0.2, -0.15) is 5.10 Å². The molecule has 0 saturated carbocycles. The third-order valence-electron chi connectivity index (χ3n) is 5.42. The Hall–Kier alpha value is -4.51. The van der Waals surface area contributed by atoms with Crippen LogP contribution in [0.25, 0.3) is 17.1 Å². The maximum Gasteiger partial charge on any atom is 0.250 e. The van der Waals surface area contributed by atoms with Crippen molar-refractivity contribution in [3.63, 3.8) is 0 Å². The fraction of sp³-hybridized carbons (Fsp3) is 0.185. The molecule has 0 aliphatic carbocycles. The highest BCUT2D eigenvalue weighted by molar-refractivity contribution is 7.99. The van der Waals surface area contributed by atoms with Gasteiger partial charge in [0, 0.05) is 11.3 Å². The van der Waals surface area contributed by atoms with Crippen LogP contribution in [0.2, 0.25) is 0 Å². The second-order valence-electron chi connectivity index (χ2n) is 7.75. The van der Waals surface area contributed by atoms with E-state index in [1.165, 1.54) is 11.8 Å². The van der Waals surface area contributed by atoms with E-state index in [2.05, 4.69) is 20.7 Å². The van der Waals surface area contributed by atoms with Crippen molar-refractivity contribution in [2.45, 2.75) is 5.16 Å². The first-order valence-corrected chi connectivity index (χ1v) is 12.5. The number of aromatic nitrogens is 3. The van der Waals surface area contributed by atoms with Crippen molar-refractivity contribution in [2.24, 2.45) is 5.10 Å². The molecule has 0 aliphatic rings. The van der Waals surface area contributed by atoms with E-state index in [0.717, 1.165) is 17.0 Å². The number of hydrogen-bond acceptors (Lipinski definition) is 9. The molecule has 0 radical (unpaired) electrons. The molecule has 38 heavy (non-hydrogen) atoms. The normalized spacial score (nSPS) is 10.8. The molecule has 0 bridgehead atoms. The molecule has 10 nitrogen and oxygen atoms in total. The first-order chi connectivity index (χ1) is 18.6. The molecule has 1 N–H and O–H groups in total. The number of para-hydroxylation sites is 1. The van der Waals surface area contributed by atoms with Gasteiger partial charge < -0.3 is 18.9 Å². The lowest BCUT2D eigenvalue weighted by atomic mass is 10.1. The predicted octanol–water partition coefficient (Wildman–Crippen LogP) is 4.21. The standard InChI is InChI=1S/C27H27N5O5S/c1-34-21-12-10-18(11-13-21)16-28-29-24(33)17-38-27-31-30-26(32(27)20-8-6-5-7-9-20)19-14-22(35-2)25(37-4)23(15-19)36-3/h5-16H,17H2,1-4H3,(H,29,33). The Morgan fingerprint density at radius 2 is 1.61 bits per heavy atom. The average molecular weight is 534 g/mol. The number of carbonyl (C=O) groups excluding carboxylic acids is 1. The molecule has 11 heteroatoms. The van der Waals surface area contributed by atoms with Gasteiger partial charge in [0.2, 0.25) is 5.75 Å². The number of methoxy groups -OCH3 is 4. The Morgan fingerprint density at radius 3 is 2.21 bits per heavy atom. The number of rotatable bonds is 11. The van der Waals surface area contributed by atoms with E-state index in [-0.39, 0.29) is 11.7 Å². The number of benzene rings is 3. The van der Waals surface area contributed by atoms with Gasteiger partial charge >= 0.3 is 0 Å². The van der Waals surface area contributed by atoms with E-state index in [1.54, 1.807) is 46.8 Å². The van der Waals surface area contributed by atoms with Crippen LogP contribution in [0.15, 0.2) is 77.0 Å². The smallest absolute Gasteiger partial charge is 0.250 e. The zero-order valence-corrected chi connectivity index (χ0v) is 22.2. The summed E-state index contributed by atoms with van der Waals surface area (Å²) < 4.78 is 23.5. The number of ether oxygens (including phenoxy) is 4. The Balaban J connectivity index is 1.56. The van der Waals surface area contributed by atoms with Gasteiger partial charge in [0.05, 0.1) is 40.4 Å². The lowest BCUT2D eigenvalue weighted by molar-refractivity contribution is -0.118.